The highest BCUT2D eigenvalue weighted by atomic mass is 32.1. The lowest BCUT2D eigenvalue weighted by molar-refractivity contribution is 0.0303. The van der Waals surface area contributed by atoms with Crippen molar-refractivity contribution in [3.63, 3.8) is 0 Å². The van der Waals surface area contributed by atoms with Gasteiger partial charge in [-0.1, -0.05) is 6.07 Å². The van der Waals surface area contributed by atoms with E-state index in [1.54, 1.807) is 22.3 Å². The molecule has 0 bridgehead atoms. The molecule has 1 aliphatic heterocycles. The van der Waals surface area contributed by atoms with Gasteiger partial charge in [0.05, 0.1) is 35.0 Å². The summed E-state index contributed by atoms with van der Waals surface area (Å²) in [7, 11) is 0. The van der Waals surface area contributed by atoms with Gasteiger partial charge in [-0.2, -0.15) is 0 Å². The summed E-state index contributed by atoms with van der Waals surface area (Å²) in [4.78, 5) is 34.7. The third kappa shape index (κ3) is 3.14. The minimum atomic E-state index is -0.509. The summed E-state index contributed by atoms with van der Waals surface area (Å²) in [5.41, 5.74) is 9.81. The van der Waals surface area contributed by atoms with E-state index >= 15 is 0 Å². The van der Waals surface area contributed by atoms with E-state index in [1.807, 2.05) is 36.6 Å². The Morgan fingerprint density at radius 1 is 1.17 bits per heavy atom. The molecule has 5 rings (SSSR count). The zero-order valence-electron chi connectivity index (χ0n) is 16.4. The number of benzene rings is 2. The minimum Gasteiger partial charge on any atom is -0.378 e. The van der Waals surface area contributed by atoms with Gasteiger partial charge >= 0.3 is 0 Å². The first-order valence-electron chi connectivity index (χ1n) is 9.70. The second-order valence-electron chi connectivity index (χ2n) is 7.35. The SMILES string of the molecule is Cc1nc(-c2cc(C(N)=O)c3[nH]c4cc(C(=O)N5CCOCC5)ccc4c3c2)cs1. The van der Waals surface area contributed by atoms with Gasteiger partial charge in [0.15, 0.2) is 0 Å². The Morgan fingerprint density at radius 3 is 2.67 bits per heavy atom. The zero-order valence-corrected chi connectivity index (χ0v) is 17.2. The number of hydrogen-bond acceptors (Lipinski definition) is 5. The van der Waals surface area contributed by atoms with Crippen molar-refractivity contribution in [3.05, 3.63) is 51.8 Å². The Hall–Kier alpha value is -3.23. The number of carbonyl (C=O) groups is 2. The Kier molecular flexibility index (Phi) is 4.52. The molecule has 2 aromatic heterocycles. The van der Waals surface area contributed by atoms with Gasteiger partial charge in [0.1, 0.15) is 0 Å². The molecule has 30 heavy (non-hydrogen) atoms. The smallest absolute Gasteiger partial charge is 0.254 e. The molecule has 1 fully saturated rings. The van der Waals surface area contributed by atoms with Gasteiger partial charge in [0.25, 0.3) is 11.8 Å². The van der Waals surface area contributed by atoms with Crippen LogP contribution in [0.25, 0.3) is 33.1 Å². The zero-order chi connectivity index (χ0) is 20.8. The normalized spacial score (nSPS) is 14.5. The lowest BCUT2D eigenvalue weighted by atomic mass is 10.0. The second-order valence-corrected chi connectivity index (χ2v) is 8.41. The van der Waals surface area contributed by atoms with Gasteiger partial charge in [-0.05, 0) is 31.2 Å². The highest BCUT2D eigenvalue weighted by Gasteiger charge is 2.20. The molecule has 0 aliphatic carbocycles. The molecule has 3 N–H and O–H groups in total. The van der Waals surface area contributed by atoms with Crippen LogP contribution in [-0.4, -0.2) is 53.0 Å². The van der Waals surface area contributed by atoms with Crippen molar-refractivity contribution in [1.29, 1.82) is 0 Å². The van der Waals surface area contributed by atoms with Crippen molar-refractivity contribution < 1.29 is 14.3 Å². The second kappa shape index (κ2) is 7.23. The quantitative estimate of drug-likeness (QED) is 0.531. The van der Waals surface area contributed by atoms with Crippen LogP contribution in [0.15, 0.2) is 35.7 Å². The molecule has 8 heteroatoms. The maximum atomic E-state index is 12.9. The van der Waals surface area contributed by atoms with Crippen LogP contribution in [-0.2, 0) is 4.74 Å². The highest BCUT2D eigenvalue weighted by molar-refractivity contribution is 7.09. The molecular formula is C22H20N4O3S. The lowest BCUT2D eigenvalue weighted by Gasteiger charge is -2.26. The van der Waals surface area contributed by atoms with Gasteiger partial charge < -0.3 is 20.4 Å². The minimum absolute atomic E-state index is 0.0207. The summed E-state index contributed by atoms with van der Waals surface area (Å²) in [6, 6.07) is 9.37. The van der Waals surface area contributed by atoms with E-state index in [1.165, 1.54) is 0 Å². The van der Waals surface area contributed by atoms with Crippen molar-refractivity contribution in [1.82, 2.24) is 14.9 Å². The number of nitrogens with one attached hydrogen (secondary N) is 1. The number of H-pyrrole nitrogens is 1. The number of aryl methyl sites for hydroxylation is 1. The van der Waals surface area contributed by atoms with Crippen LogP contribution in [0.4, 0.5) is 0 Å². The van der Waals surface area contributed by atoms with E-state index in [0.29, 0.717) is 42.9 Å². The van der Waals surface area contributed by atoms with Crippen molar-refractivity contribution in [2.75, 3.05) is 26.3 Å². The summed E-state index contributed by atoms with van der Waals surface area (Å²) in [6.07, 6.45) is 0. The Labute approximate surface area is 176 Å². The van der Waals surface area contributed by atoms with Crippen LogP contribution in [0.3, 0.4) is 0 Å². The molecule has 0 saturated carbocycles. The number of primary amides is 1. The van der Waals surface area contributed by atoms with Crippen LogP contribution in [0, 0.1) is 6.92 Å². The van der Waals surface area contributed by atoms with Gasteiger partial charge in [-0.3, -0.25) is 9.59 Å². The highest BCUT2D eigenvalue weighted by Crippen LogP contribution is 2.33. The number of fused-ring (bicyclic) bond motifs is 3. The Morgan fingerprint density at radius 2 is 1.97 bits per heavy atom. The van der Waals surface area contributed by atoms with Gasteiger partial charge in [-0.25, -0.2) is 4.98 Å². The number of nitrogens with two attached hydrogens (primary N) is 1. The predicted octanol–water partition coefficient (Wildman–Crippen LogP) is 3.32. The van der Waals surface area contributed by atoms with E-state index < -0.39 is 5.91 Å². The first-order chi connectivity index (χ1) is 14.5. The number of amides is 2. The molecule has 152 valence electrons. The van der Waals surface area contributed by atoms with Crippen LogP contribution >= 0.6 is 11.3 Å². The van der Waals surface area contributed by atoms with Gasteiger partial charge in [0.2, 0.25) is 0 Å². The fourth-order valence-electron chi connectivity index (χ4n) is 3.93. The fraction of sp³-hybridized carbons (Fsp3) is 0.227. The fourth-order valence-corrected chi connectivity index (χ4v) is 4.55. The first kappa shape index (κ1) is 18.8. The maximum Gasteiger partial charge on any atom is 0.254 e. The van der Waals surface area contributed by atoms with Gasteiger partial charge in [0, 0.05) is 45.9 Å². The molecule has 2 aromatic carbocycles. The molecule has 4 aromatic rings. The molecule has 0 radical (unpaired) electrons. The van der Waals surface area contributed by atoms with Crippen molar-refractivity contribution in [3.8, 4) is 11.3 Å². The molecule has 2 amide bonds. The number of thiazole rings is 1. The topological polar surface area (TPSA) is 101 Å². The number of carbonyl (C=O) groups excluding carboxylic acids is 2. The number of aromatic nitrogens is 2. The van der Waals surface area contributed by atoms with Crippen LogP contribution in [0.5, 0.6) is 0 Å². The molecule has 0 unspecified atom stereocenters. The monoisotopic (exact) mass is 420 g/mol. The number of nitrogens with zero attached hydrogens (tertiary/aromatic N) is 2. The number of morpholine rings is 1. The molecule has 1 saturated heterocycles. The maximum absolute atomic E-state index is 12.9. The summed E-state index contributed by atoms with van der Waals surface area (Å²) in [5, 5.41) is 4.73. The van der Waals surface area contributed by atoms with Gasteiger partial charge in [-0.15, -0.1) is 11.3 Å². The average molecular weight is 420 g/mol. The number of ether oxygens (including phenoxy) is 1. The predicted molar refractivity (Wildman–Crippen MR) is 117 cm³/mol. The van der Waals surface area contributed by atoms with Crippen LogP contribution in [0.1, 0.15) is 25.7 Å². The summed E-state index contributed by atoms with van der Waals surface area (Å²) in [6.45, 7) is 4.24. The Bertz CT molecular complexity index is 1300. The Balaban J connectivity index is 1.65. The van der Waals surface area contributed by atoms with Crippen molar-refractivity contribution in [2.24, 2.45) is 5.73 Å². The summed E-state index contributed by atoms with van der Waals surface area (Å²) >= 11 is 1.56. The first-order valence-corrected chi connectivity index (χ1v) is 10.6. The summed E-state index contributed by atoms with van der Waals surface area (Å²) in [5.74, 6) is -0.530. The van der Waals surface area contributed by atoms with Crippen molar-refractivity contribution in [2.45, 2.75) is 6.92 Å². The molecule has 1 aliphatic rings. The molecule has 0 spiro atoms. The summed E-state index contributed by atoms with van der Waals surface area (Å²) < 4.78 is 5.33. The molecule has 3 heterocycles. The van der Waals surface area contributed by atoms with E-state index in [4.69, 9.17) is 10.5 Å². The molecule has 0 atom stereocenters. The number of aromatic amines is 1. The van der Waals surface area contributed by atoms with E-state index in [0.717, 1.165) is 32.6 Å². The van der Waals surface area contributed by atoms with Crippen molar-refractivity contribution >= 4 is 45.0 Å². The van der Waals surface area contributed by atoms with Crippen LogP contribution in [0.2, 0.25) is 0 Å². The third-order valence-electron chi connectivity index (χ3n) is 5.43. The lowest BCUT2D eigenvalue weighted by Crippen LogP contribution is -2.40. The van der Waals surface area contributed by atoms with Crippen LogP contribution < -0.4 is 5.73 Å². The average Bonchev–Trinajstić information content (AvgIpc) is 3.35. The third-order valence-corrected chi connectivity index (χ3v) is 6.21. The molecule has 7 nitrogen and oxygen atoms in total. The standard InChI is InChI=1S/C22H20N4O3S/c1-12-24-19(11-30-12)14-8-16-15-3-2-13(22(28)26-4-6-29-7-5-26)10-18(15)25-20(16)17(9-14)21(23)27/h2-3,8-11,25H,4-7H2,1H3,(H2,23,27). The van der Waals surface area contributed by atoms with E-state index in [9.17, 15) is 9.59 Å². The number of rotatable bonds is 3. The van der Waals surface area contributed by atoms with E-state index in [-0.39, 0.29) is 5.91 Å². The number of hydrogen-bond donors (Lipinski definition) is 2. The molecular weight excluding hydrogens is 400 g/mol. The largest absolute Gasteiger partial charge is 0.378 e. The van der Waals surface area contributed by atoms with E-state index in [2.05, 4.69) is 9.97 Å².